The normalized spacial score (nSPS) is 20.1. The number of carbonyl (C=O) groups excluding carboxylic acids is 2. The van der Waals surface area contributed by atoms with E-state index in [0.29, 0.717) is 19.3 Å². The number of aliphatic carboxylic acids is 1. The second kappa shape index (κ2) is 11.4. The molecule has 2 aromatic carbocycles. The lowest BCUT2D eigenvalue weighted by Crippen LogP contribution is -2.47. The summed E-state index contributed by atoms with van der Waals surface area (Å²) < 4.78 is 5.70. The summed E-state index contributed by atoms with van der Waals surface area (Å²) in [6, 6.07) is 16.0. The van der Waals surface area contributed by atoms with Crippen molar-refractivity contribution in [2.45, 2.75) is 57.4 Å². The number of benzene rings is 2. The fourth-order valence-corrected chi connectivity index (χ4v) is 5.35. The Morgan fingerprint density at radius 3 is 2.23 bits per heavy atom. The lowest BCUT2D eigenvalue weighted by Gasteiger charge is -2.26. The minimum Gasteiger partial charge on any atom is -0.481 e. The number of rotatable bonds is 8. The highest BCUT2D eigenvalue weighted by Crippen LogP contribution is 2.44. The second-order valence-corrected chi connectivity index (χ2v) is 9.51. The van der Waals surface area contributed by atoms with Crippen molar-refractivity contribution < 1.29 is 24.2 Å². The molecule has 0 saturated heterocycles. The number of fused-ring (bicyclic) bond motifs is 3. The Hall–Kier alpha value is -3.35. The highest BCUT2D eigenvalue weighted by molar-refractivity contribution is 5.81. The van der Waals surface area contributed by atoms with Crippen molar-refractivity contribution in [1.82, 2.24) is 10.6 Å². The van der Waals surface area contributed by atoms with Crippen LogP contribution in [0.25, 0.3) is 11.1 Å². The summed E-state index contributed by atoms with van der Waals surface area (Å²) in [5.74, 6) is -2.15. The van der Waals surface area contributed by atoms with Gasteiger partial charge in [0.05, 0.1) is 11.8 Å². The van der Waals surface area contributed by atoms with Gasteiger partial charge in [-0.3, -0.25) is 9.59 Å². The van der Waals surface area contributed by atoms with Crippen LogP contribution in [-0.2, 0) is 14.3 Å². The Morgan fingerprint density at radius 2 is 1.60 bits per heavy atom. The Bertz CT molecular complexity index is 1020. The number of carbonyl (C=O) groups is 3. The Kier molecular flexibility index (Phi) is 8.06. The number of ether oxygens (including phenoxy) is 1. The van der Waals surface area contributed by atoms with Gasteiger partial charge in [-0.2, -0.15) is 0 Å². The molecule has 3 atom stereocenters. The maximum absolute atomic E-state index is 12.9. The van der Waals surface area contributed by atoms with Crippen LogP contribution in [0.15, 0.2) is 48.5 Å². The van der Waals surface area contributed by atoms with Crippen LogP contribution in [0.3, 0.4) is 0 Å². The molecule has 0 spiro atoms. The van der Waals surface area contributed by atoms with Gasteiger partial charge in [0.15, 0.2) is 0 Å². The first kappa shape index (κ1) is 24.8. The van der Waals surface area contributed by atoms with Gasteiger partial charge in [-0.05, 0) is 41.5 Å². The largest absolute Gasteiger partial charge is 0.481 e. The van der Waals surface area contributed by atoms with Crippen molar-refractivity contribution in [3.63, 3.8) is 0 Å². The summed E-state index contributed by atoms with van der Waals surface area (Å²) >= 11 is 0. The number of alkyl carbamates (subject to hydrolysis) is 1. The lowest BCUT2D eigenvalue weighted by molar-refractivity contribution is -0.141. The maximum Gasteiger partial charge on any atom is 0.407 e. The highest BCUT2D eigenvalue weighted by Gasteiger charge is 2.33. The van der Waals surface area contributed by atoms with E-state index >= 15 is 0 Å². The van der Waals surface area contributed by atoms with Gasteiger partial charge < -0.3 is 20.5 Å². The van der Waals surface area contributed by atoms with Crippen molar-refractivity contribution in [2.24, 2.45) is 11.8 Å². The van der Waals surface area contributed by atoms with Crippen LogP contribution in [0.5, 0.6) is 0 Å². The molecule has 0 bridgehead atoms. The number of amides is 2. The minimum atomic E-state index is -0.915. The van der Waals surface area contributed by atoms with Gasteiger partial charge in [0.25, 0.3) is 0 Å². The molecule has 35 heavy (non-hydrogen) atoms. The van der Waals surface area contributed by atoms with Crippen LogP contribution in [0, 0.1) is 11.8 Å². The average Bonchev–Trinajstić information content (AvgIpc) is 2.99. The van der Waals surface area contributed by atoms with Gasteiger partial charge in [0.2, 0.25) is 5.91 Å². The molecule has 3 unspecified atom stereocenters. The van der Waals surface area contributed by atoms with E-state index in [-0.39, 0.29) is 31.0 Å². The van der Waals surface area contributed by atoms with Crippen LogP contribution in [-0.4, -0.2) is 42.3 Å². The standard InChI is InChI=1S/C28H34N2O5/c1-2-18(27(32)33)16-29-26(31)23-14-4-3-5-15-25(23)30-28(34)35-17-24-21-12-8-6-10-19(21)20-11-7-9-13-22(20)24/h6-13,18,23-25H,2-5,14-17H2,1H3,(H,29,31)(H,30,34)(H,32,33). The SMILES string of the molecule is CCC(CNC(=O)C1CCCCCC1NC(=O)OCC1c2ccccc2-c2ccccc21)C(=O)O. The zero-order valence-corrected chi connectivity index (χ0v) is 20.2. The van der Waals surface area contributed by atoms with Crippen molar-refractivity contribution in [2.75, 3.05) is 13.2 Å². The molecule has 7 heteroatoms. The van der Waals surface area contributed by atoms with Crippen molar-refractivity contribution >= 4 is 18.0 Å². The first-order valence-electron chi connectivity index (χ1n) is 12.6. The molecule has 1 saturated carbocycles. The number of nitrogens with one attached hydrogen (secondary N) is 2. The third-order valence-corrected chi connectivity index (χ3v) is 7.36. The molecular weight excluding hydrogens is 444 g/mol. The monoisotopic (exact) mass is 478 g/mol. The zero-order chi connectivity index (χ0) is 24.8. The molecule has 0 heterocycles. The van der Waals surface area contributed by atoms with Gasteiger partial charge in [0, 0.05) is 18.5 Å². The fourth-order valence-electron chi connectivity index (χ4n) is 5.35. The van der Waals surface area contributed by atoms with E-state index in [0.717, 1.165) is 30.4 Å². The first-order valence-corrected chi connectivity index (χ1v) is 12.6. The third-order valence-electron chi connectivity index (χ3n) is 7.36. The summed E-state index contributed by atoms with van der Waals surface area (Å²) in [5.41, 5.74) is 4.64. The van der Waals surface area contributed by atoms with E-state index in [2.05, 4.69) is 34.9 Å². The van der Waals surface area contributed by atoms with Crippen LogP contribution < -0.4 is 10.6 Å². The Morgan fingerprint density at radius 1 is 0.971 bits per heavy atom. The maximum atomic E-state index is 12.9. The molecule has 0 radical (unpaired) electrons. The molecule has 186 valence electrons. The van der Waals surface area contributed by atoms with Gasteiger partial charge >= 0.3 is 12.1 Å². The first-order chi connectivity index (χ1) is 17.0. The van der Waals surface area contributed by atoms with Gasteiger partial charge in [-0.25, -0.2) is 4.79 Å². The predicted molar refractivity (Wildman–Crippen MR) is 133 cm³/mol. The predicted octanol–water partition coefficient (Wildman–Crippen LogP) is 4.70. The van der Waals surface area contributed by atoms with Crippen LogP contribution in [0.1, 0.15) is 62.5 Å². The van der Waals surface area contributed by atoms with E-state index in [1.807, 2.05) is 24.3 Å². The van der Waals surface area contributed by atoms with E-state index in [9.17, 15) is 19.5 Å². The van der Waals surface area contributed by atoms with Crippen LogP contribution in [0.4, 0.5) is 4.79 Å². The molecule has 0 aromatic heterocycles. The van der Waals surface area contributed by atoms with E-state index < -0.39 is 23.9 Å². The molecule has 3 N–H and O–H groups in total. The summed E-state index contributed by atoms with van der Waals surface area (Å²) in [6.07, 6.45) is 4.10. The van der Waals surface area contributed by atoms with Crippen LogP contribution in [0.2, 0.25) is 0 Å². The zero-order valence-electron chi connectivity index (χ0n) is 20.2. The Balaban J connectivity index is 1.38. The average molecular weight is 479 g/mol. The topological polar surface area (TPSA) is 105 Å². The van der Waals surface area contributed by atoms with Gasteiger partial charge in [-0.1, -0.05) is 74.7 Å². The molecule has 4 rings (SSSR count). The molecule has 2 aromatic rings. The molecule has 7 nitrogen and oxygen atoms in total. The third kappa shape index (κ3) is 5.66. The van der Waals surface area contributed by atoms with Crippen molar-refractivity contribution in [3.05, 3.63) is 59.7 Å². The molecular formula is C28H34N2O5. The summed E-state index contributed by atoms with van der Waals surface area (Å²) in [6.45, 7) is 2.11. The smallest absolute Gasteiger partial charge is 0.407 e. The van der Waals surface area contributed by atoms with E-state index in [1.165, 1.54) is 11.1 Å². The summed E-state index contributed by atoms with van der Waals surface area (Å²) in [5, 5.41) is 15.0. The number of carboxylic acid groups (broad SMARTS) is 1. The lowest BCUT2D eigenvalue weighted by atomic mass is 9.93. The second-order valence-electron chi connectivity index (χ2n) is 9.51. The number of carboxylic acids is 1. The van der Waals surface area contributed by atoms with Crippen molar-refractivity contribution in [1.29, 1.82) is 0 Å². The van der Waals surface area contributed by atoms with E-state index in [4.69, 9.17) is 4.74 Å². The van der Waals surface area contributed by atoms with Crippen molar-refractivity contribution in [3.8, 4) is 11.1 Å². The summed E-state index contributed by atoms with van der Waals surface area (Å²) in [4.78, 5) is 37.1. The molecule has 1 fully saturated rings. The van der Waals surface area contributed by atoms with Gasteiger partial charge in [0.1, 0.15) is 6.61 Å². The number of hydrogen-bond donors (Lipinski definition) is 3. The molecule has 2 amide bonds. The van der Waals surface area contributed by atoms with Gasteiger partial charge in [-0.15, -0.1) is 0 Å². The quantitative estimate of drug-likeness (QED) is 0.477. The molecule has 2 aliphatic carbocycles. The molecule has 2 aliphatic rings. The van der Waals surface area contributed by atoms with Crippen LogP contribution >= 0.6 is 0 Å². The number of hydrogen-bond acceptors (Lipinski definition) is 4. The Labute approximate surface area is 206 Å². The van der Waals surface area contributed by atoms with E-state index in [1.54, 1.807) is 6.92 Å². The molecule has 0 aliphatic heterocycles. The fraction of sp³-hybridized carbons (Fsp3) is 0.464. The highest BCUT2D eigenvalue weighted by atomic mass is 16.5. The summed E-state index contributed by atoms with van der Waals surface area (Å²) in [7, 11) is 0. The minimum absolute atomic E-state index is 0.0247.